The number of ether oxygens (including phenoxy) is 1. The van der Waals surface area contributed by atoms with Crippen LogP contribution in [0.2, 0.25) is 0 Å². The van der Waals surface area contributed by atoms with Gasteiger partial charge in [0, 0.05) is 5.57 Å². The van der Waals surface area contributed by atoms with Gasteiger partial charge in [-0.1, -0.05) is 19.7 Å². The van der Waals surface area contributed by atoms with Crippen molar-refractivity contribution < 1.29 is 9.53 Å². The molecule has 0 aromatic carbocycles. The first-order valence-corrected chi connectivity index (χ1v) is 3.21. The van der Waals surface area contributed by atoms with Crippen LogP contribution in [0.15, 0.2) is 31.0 Å². The van der Waals surface area contributed by atoms with Crippen LogP contribution in [-0.2, 0) is 9.53 Å². The molecule has 0 amide bonds. The summed E-state index contributed by atoms with van der Waals surface area (Å²) in [5.41, 5.74) is 2.70. The highest BCUT2D eigenvalue weighted by Crippen LogP contribution is 1.89. The van der Waals surface area contributed by atoms with Crippen molar-refractivity contribution in [1.29, 1.82) is 0 Å². The summed E-state index contributed by atoms with van der Waals surface area (Å²) in [5.74, 6) is -0.312. The van der Waals surface area contributed by atoms with Crippen molar-refractivity contribution in [1.82, 2.24) is 0 Å². The molecule has 0 N–H and O–H groups in total. The van der Waals surface area contributed by atoms with Crippen LogP contribution in [0.25, 0.3) is 0 Å². The van der Waals surface area contributed by atoms with Gasteiger partial charge in [-0.05, 0) is 13.8 Å². The molecule has 0 unspecified atom stereocenters. The summed E-state index contributed by atoms with van der Waals surface area (Å²) in [6, 6.07) is 0. The molecule has 0 rings (SSSR count). The van der Waals surface area contributed by atoms with E-state index >= 15 is 0 Å². The Labute approximate surface area is 67.9 Å². The van der Waals surface area contributed by atoms with Gasteiger partial charge in [-0.15, -0.1) is 5.73 Å². The zero-order valence-electron chi connectivity index (χ0n) is 7.14. The fourth-order valence-electron chi connectivity index (χ4n) is 0.254. The second kappa shape index (κ2) is 8.73. The number of carbonyl (C=O) groups is 1. The van der Waals surface area contributed by atoms with Crippen molar-refractivity contribution >= 4 is 5.97 Å². The van der Waals surface area contributed by atoms with Crippen LogP contribution < -0.4 is 0 Å². The normalized spacial score (nSPS) is 6.73. The fourth-order valence-corrected chi connectivity index (χ4v) is 0.254. The predicted octanol–water partition coefficient (Wildman–Crippen LogP) is 2.08. The molecule has 0 saturated heterocycles. The Bertz CT molecular complexity index is 162. The van der Waals surface area contributed by atoms with Gasteiger partial charge in [0.05, 0.1) is 6.61 Å². The molecule has 0 aliphatic rings. The van der Waals surface area contributed by atoms with E-state index in [0.29, 0.717) is 12.2 Å². The molecule has 2 nitrogen and oxygen atoms in total. The Kier molecular flexibility index (Phi) is 9.85. The smallest absolute Gasteiger partial charge is 0.333 e. The molecule has 2 heteroatoms. The highest BCUT2D eigenvalue weighted by molar-refractivity contribution is 5.86. The highest BCUT2D eigenvalue weighted by atomic mass is 16.5. The predicted molar refractivity (Wildman–Crippen MR) is 46.2 cm³/mol. The van der Waals surface area contributed by atoms with Gasteiger partial charge in [0.1, 0.15) is 0 Å². The first-order chi connectivity index (χ1) is 5.09. The van der Waals surface area contributed by atoms with Crippen LogP contribution in [0.3, 0.4) is 0 Å². The number of rotatable bonds is 2. The topological polar surface area (TPSA) is 26.3 Å². The van der Waals surface area contributed by atoms with Crippen molar-refractivity contribution in [2.24, 2.45) is 0 Å². The maximum Gasteiger partial charge on any atom is 0.333 e. The summed E-state index contributed by atoms with van der Waals surface area (Å²) in [6.07, 6.45) is 0. The van der Waals surface area contributed by atoms with Crippen molar-refractivity contribution in [2.75, 3.05) is 6.61 Å². The summed E-state index contributed by atoms with van der Waals surface area (Å²) < 4.78 is 4.56. The van der Waals surface area contributed by atoms with Crippen LogP contribution in [0.4, 0.5) is 0 Å². The molecular formula is C9H14O2. The maximum absolute atomic E-state index is 10.4. The minimum Gasteiger partial charge on any atom is -0.463 e. The molecule has 0 aliphatic heterocycles. The van der Waals surface area contributed by atoms with Crippen LogP contribution in [0.5, 0.6) is 0 Å². The first kappa shape index (κ1) is 12.4. The lowest BCUT2D eigenvalue weighted by molar-refractivity contribution is -0.138. The van der Waals surface area contributed by atoms with Gasteiger partial charge in [-0.25, -0.2) is 4.79 Å². The van der Waals surface area contributed by atoms with E-state index in [4.69, 9.17) is 0 Å². The Morgan fingerprint density at radius 2 is 1.91 bits per heavy atom. The molecule has 0 aromatic rings. The van der Waals surface area contributed by atoms with E-state index in [2.05, 4.69) is 30.2 Å². The zero-order chi connectivity index (χ0) is 9.28. The maximum atomic E-state index is 10.4. The number of carbonyl (C=O) groups excluding carboxylic acids is 1. The molecule has 0 saturated carbocycles. The Morgan fingerprint density at radius 1 is 1.55 bits per heavy atom. The van der Waals surface area contributed by atoms with Gasteiger partial charge >= 0.3 is 5.97 Å². The molecule has 11 heavy (non-hydrogen) atoms. The molecule has 62 valence electrons. The Morgan fingerprint density at radius 3 is 2.00 bits per heavy atom. The van der Waals surface area contributed by atoms with E-state index < -0.39 is 0 Å². The van der Waals surface area contributed by atoms with Crippen LogP contribution in [-0.4, -0.2) is 12.6 Å². The van der Waals surface area contributed by atoms with Gasteiger partial charge in [0.2, 0.25) is 0 Å². The Hall–Kier alpha value is -1.27. The molecule has 0 radical (unpaired) electrons. The van der Waals surface area contributed by atoms with E-state index in [1.807, 2.05) is 0 Å². The van der Waals surface area contributed by atoms with E-state index in [9.17, 15) is 4.79 Å². The second-order valence-corrected chi connectivity index (χ2v) is 1.75. The first-order valence-electron chi connectivity index (χ1n) is 3.21. The minimum absolute atomic E-state index is 0.312. The largest absolute Gasteiger partial charge is 0.463 e. The van der Waals surface area contributed by atoms with Crippen molar-refractivity contribution in [2.45, 2.75) is 13.8 Å². The highest BCUT2D eigenvalue weighted by Gasteiger charge is 1.98. The minimum atomic E-state index is -0.312. The number of esters is 1. The van der Waals surface area contributed by atoms with Crippen molar-refractivity contribution in [3.8, 4) is 0 Å². The average Bonchev–Trinajstić information content (AvgIpc) is 1.90. The summed E-state index contributed by atoms with van der Waals surface area (Å²) in [7, 11) is 0. The zero-order valence-corrected chi connectivity index (χ0v) is 7.14. The van der Waals surface area contributed by atoms with Crippen molar-refractivity contribution in [3.63, 3.8) is 0 Å². The molecular weight excluding hydrogens is 140 g/mol. The van der Waals surface area contributed by atoms with Gasteiger partial charge in [0.25, 0.3) is 0 Å². The van der Waals surface area contributed by atoms with E-state index in [1.165, 1.54) is 0 Å². The van der Waals surface area contributed by atoms with E-state index in [0.717, 1.165) is 0 Å². The molecule has 0 atom stereocenters. The number of hydrogen-bond donors (Lipinski definition) is 0. The van der Waals surface area contributed by atoms with Gasteiger partial charge < -0.3 is 4.74 Å². The Balaban J connectivity index is 0. The average molecular weight is 154 g/mol. The van der Waals surface area contributed by atoms with Crippen LogP contribution in [0.1, 0.15) is 13.8 Å². The lowest BCUT2D eigenvalue weighted by atomic mass is 10.4. The summed E-state index contributed by atoms with van der Waals surface area (Å²) >= 11 is 0. The SMILES string of the molecule is C=C(C)C(=O)OCC.C=C=C. The second-order valence-electron chi connectivity index (χ2n) is 1.75. The van der Waals surface area contributed by atoms with Gasteiger partial charge in [-0.3, -0.25) is 0 Å². The molecule has 0 aromatic heterocycles. The van der Waals surface area contributed by atoms with Gasteiger partial charge in [0.15, 0.2) is 0 Å². The summed E-state index contributed by atoms with van der Waals surface area (Å²) in [4.78, 5) is 10.4. The van der Waals surface area contributed by atoms with Crippen LogP contribution >= 0.6 is 0 Å². The fraction of sp³-hybridized carbons (Fsp3) is 0.333. The lowest BCUT2D eigenvalue weighted by Gasteiger charge is -1.96. The molecule has 0 heterocycles. The molecule has 0 spiro atoms. The van der Waals surface area contributed by atoms with Gasteiger partial charge in [-0.2, -0.15) is 0 Å². The van der Waals surface area contributed by atoms with E-state index in [1.54, 1.807) is 13.8 Å². The molecule has 0 fully saturated rings. The summed E-state index contributed by atoms with van der Waals surface area (Å²) in [6.45, 7) is 13.5. The number of hydrogen-bond acceptors (Lipinski definition) is 2. The standard InChI is InChI=1S/C6H10O2.C3H4/c1-4-8-6(7)5(2)3;1-3-2/h2,4H2,1,3H3;1-2H2. The lowest BCUT2D eigenvalue weighted by Crippen LogP contribution is -2.03. The molecule has 0 bridgehead atoms. The third-order valence-corrected chi connectivity index (χ3v) is 0.624. The third kappa shape index (κ3) is 12.0. The van der Waals surface area contributed by atoms with Crippen molar-refractivity contribution in [3.05, 3.63) is 31.0 Å². The van der Waals surface area contributed by atoms with E-state index in [-0.39, 0.29) is 5.97 Å². The summed E-state index contributed by atoms with van der Waals surface area (Å²) in [5, 5.41) is 0. The van der Waals surface area contributed by atoms with Crippen LogP contribution in [0, 0.1) is 0 Å². The molecule has 0 aliphatic carbocycles. The monoisotopic (exact) mass is 154 g/mol. The third-order valence-electron chi connectivity index (χ3n) is 0.624. The quantitative estimate of drug-likeness (QED) is 0.346.